The molecule has 1 aromatic heterocycles. The van der Waals surface area contributed by atoms with Crippen molar-refractivity contribution in [2.24, 2.45) is 17.8 Å². The molecule has 0 bridgehead atoms. The van der Waals surface area contributed by atoms with Crippen LogP contribution in [0.5, 0.6) is 0 Å². The molecule has 0 radical (unpaired) electrons. The molecule has 0 aliphatic carbocycles. The standard InChI is InChI=1S/C14H25N3O2S/c1-10(2)12(11(3)4)8-17-20(18,19)14-9-16-7-6-13(14)15-5/h6-7,9-12,17H,8H2,1-5H3,(H,15,16). The van der Waals surface area contributed by atoms with Crippen LogP contribution in [0.25, 0.3) is 0 Å². The van der Waals surface area contributed by atoms with E-state index in [0.29, 0.717) is 30.0 Å². The summed E-state index contributed by atoms with van der Waals surface area (Å²) in [5.41, 5.74) is 0.554. The highest BCUT2D eigenvalue weighted by atomic mass is 32.2. The number of nitrogens with zero attached hydrogens (tertiary/aromatic N) is 1. The zero-order valence-corrected chi connectivity index (χ0v) is 13.7. The molecule has 0 unspecified atom stereocenters. The Labute approximate surface area is 122 Å². The zero-order chi connectivity index (χ0) is 15.3. The molecule has 0 atom stereocenters. The van der Waals surface area contributed by atoms with Crippen molar-refractivity contribution in [3.63, 3.8) is 0 Å². The Morgan fingerprint density at radius 2 is 1.80 bits per heavy atom. The Hall–Kier alpha value is -1.14. The second-order valence-electron chi connectivity index (χ2n) is 5.63. The van der Waals surface area contributed by atoms with Crippen molar-refractivity contribution in [1.29, 1.82) is 0 Å². The van der Waals surface area contributed by atoms with E-state index >= 15 is 0 Å². The van der Waals surface area contributed by atoms with Gasteiger partial charge < -0.3 is 5.32 Å². The molecule has 5 nitrogen and oxygen atoms in total. The number of anilines is 1. The molecule has 114 valence electrons. The van der Waals surface area contributed by atoms with Crippen LogP contribution in [0, 0.1) is 17.8 Å². The first-order chi connectivity index (χ1) is 9.29. The van der Waals surface area contributed by atoms with Crippen molar-refractivity contribution < 1.29 is 8.42 Å². The molecule has 2 N–H and O–H groups in total. The van der Waals surface area contributed by atoms with E-state index < -0.39 is 10.0 Å². The van der Waals surface area contributed by atoms with Gasteiger partial charge in [-0.15, -0.1) is 0 Å². The molecule has 0 aromatic carbocycles. The van der Waals surface area contributed by atoms with Gasteiger partial charge in [0.15, 0.2) is 0 Å². The number of aromatic nitrogens is 1. The summed E-state index contributed by atoms with van der Waals surface area (Å²) in [6.45, 7) is 8.89. The summed E-state index contributed by atoms with van der Waals surface area (Å²) < 4.78 is 27.4. The predicted octanol–water partition coefficient (Wildman–Crippen LogP) is 2.33. The number of nitrogens with one attached hydrogen (secondary N) is 2. The van der Waals surface area contributed by atoms with Crippen LogP contribution >= 0.6 is 0 Å². The molecule has 0 spiro atoms. The van der Waals surface area contributed by atoms with Crippen LogP contribution in [0.1, 0.15) is 27.7 Å². The minimum atomic E-state index is -3.54. The largest absolute Gasteiger partial charge is 0.387 e. The Morgan fingerprint density at radius 3 is 2.30 bits per heavy atom. The average molecular weight is 299 g/mol. The number of hydrogen-bond donors (Lipinski definition) is 2. The highest BCUT2D eigenvalue weighted by Crippen LogP contribution is 2.22. The van der Waals surface area contributed by atoms with E-state index in [1.165, 1.54) is 6.20 Å². The molecule has 0 fully saturated rings. The number of sulfonamides is 1. The molecule has 1 heterocycles. The number of hydrogen-bond acceptors (Lipinski definition) is 4. The Kier molecular flexibility index (Phi) is 5.95. The van der Waals surface area contributed by atoms with Gasteiger partial charge in [-0.3, -0.25) is 4.98 Å². The lowest BCUT2D eigenvalue weighted by molar-refractivity contribution is 0.289. The lowest BCUT2D eigenvalue weighted by atomic mass is 9.86. The van der Waals surface area contributed by atoms with Crippen LogP contribution in [-0.2, 0) is 10.0 Å². The van der Waals surface area contributed by atoms with E-state index in [-0.39, 0.29) is 4.90 Å². The fraction of sp³-hybridized carbons (Fsp3) is 0.643. The van der Waals surface area contributed by atoms with Gasteiger partial charge in [-0.25, -0.2) is 13.1 Å². The Bertz CT molecular complexity index is 519. The summed E-state index contributed by atoms with van der Waals surface area (Å²) in [7, 11) is -1.85. The van der Waals surface area contributed by atoms with Gasteiger partial charge in [0, 0.05) is 26.0 Å². The SMILES string of the molecule is CNc1ccncc1S(=O)(=O)NCC(C(C)C)C(C)C. The Balaban J connectivity index is 2.90. The van der Waals surface area contributed by atoms with Crippen LogP contribution in [0.15, 0.2) is 23.4 Å². The second kappa shape index (κ2) is 7.04. The quantitative estimate of drug-likeness (QED) is 0.810. The van der Waals surface area contributed by atoms with Gasteiger partial charge in [-0.2, -0.15) is 0 Å². The summed E-state index contributed by atoms with van der Waals surface area (Å²) in [4.78, 5) is 4.09. The molecule has 20 heavy (non-hydrogen) atoms. The predicted molar refractivity (Wildman–Crippen MR) is 82.1 cm³/mol. The maximum absolute atomic E-state index is 12.4. The second-order valence-corrected chi connectivity index (χ2v) is 7.36. The third-order valence-corrected chi connectivity index (χ3v) is 5.02. The molecule has 1 aromatic rings. The molecule has 6 heteroatoms. The number of rotatable bonds is 7. The fourth-order valence-corrected chi connectivity index (χ4v) is 3.55. The summed E-state index contributed by atoms with van der Waals surface area (Å²) >= 11 is 0. The maximum Gasteiger partial charge on any atom is 0.244 e. The average Bonchev–Trinajstić information content (AvgIpc) is 2.37. The van der Waals surface area contributed by atoms with Crippen LogP contribution in [0.2, 0.25) is 0 Å². The zero-order valence-electron chi connectivity index (χ0n) is 12.8. The van der Waals surface area contributed by atoms with Gasteiger partial charge in [0.2, 0.25) is 10.0 Å². The molecular weight excluding hydrogens is 274 g/mol. The monoisotopic (exact) mass is 299 g/mol. The van der Waals surface area contributed by atoms with E-state index in [4.69, 9.17) is 0 Å². The maximum atomic E-state index is 12.4. The van der Waals surface area contributed by atoms with Gasteiger partial charge in [0.25, 0.3) is 0 Å². The van der Waals surface area contributed by atoms with E-state index in [2.05, 4.69) is 42.7 Å². The summed E-state index contributed by atoms with van der Waals surface area (Å²) in [5.74, 6) is 1.16. The summed E-state index contributed by atoms with van der Waals surface area (Å²) in [6.07, 6.45) is 2.93. The van der Waals surface area contributed by atoms with Crippen LogP contribution in [0.4, 0.5) is 5.69 Å². The van der Waals surface area contributed by atoms with E-state index in [9.17, 15) is 8.42 Å². The summed E-state index contributed by atoms with van der Waals surface area (Å²) in [6, 6.07) is 1.65. The van der Waals surface area contributed by atoms with Gasteiger partial charge in [-0.1, -0.05) is 27.7 Å². The van der Waals surface area contributed by atoms with Crippen molar-refractivity contribution in [3.8, 4) is 0 Å². The Morgan fingerprint density at radius 1 is 1.20 bits per heavy atom. The molecule has 0 aliphatic heterocycles. The van der Waals surface area contributed by atoms with Gasteiger partial charge >= 0.3 is 0 Å². The third kappa shape index (κ3) is 4.18. The molecule has 1 rings (SSSR count). The third-order valence-electron chi connectivity index (χ3n) is 3.57. The molecule has 0 saturated carbocycles. The smallest absolute Gasteiger partial charge is 0.244 e. The van der Waals surface area contributed by atoms with Gasteiger partial charge in [0.1, 0.15) is 4.90 Å². The highest BCUT2D eigenvalue weighted by molar-refractivity contribution is 7.89. The van der Waals surface area contributed by atoms with Crippen molar-refractivity contribution in [1.82, 2.24) is 9.71 Å². The normalized spacial score (nSPS) is 12.4. The first-order valence-electron chi connectivity index (χ1n) is 6.91. The van der Waals surface area contributed by atoms with Crippen molar-refractivity contribution in [2.45, 2.75) is 32.6 Å². The van der Waals surface area contributed by atoms with Crippen molar-refractivity contribution >= 4 is 15.7 Å². The van der Waals surface area contributed by atoms with Gasteiger partial charge in [0.05, 0.1) is 5.69 Å². The minimum absolute atomic E-state index is 0.189. The lowest BCUT2D eigenvalue weighted by Crippen LogP contribution is -2.34. The number of pyridine rings is 1. The molecular formula is C14H25N3O2S. The van der Waals surface area contributed by atoms with Crippen molar-refractivity contribution in [3.05, 3.63) is 18.5 Å². The van der Waals surface area contributed by atoms with E-state index in [1.54, 1.807) is 19.3 Å². The molecule has 0 amide bonds. The topological polar surface area (TPSA) is 71.1 Å². The van der Waals surface area contributed by atoms with Gasteiger partial charge in [-0.05, 0) is 23.8 Å². The van der Waals surface area contributed by atoms with E-state index in [1.807, 2.05) is 0 Å². The molecule has 0 saturated heterocycles. The van der Waals surface area contributed by atoms with Crippen LogP contribution < -0.4 is 10.0 Å². The van der Waals surface area contributed by atoms with Crippen molar-refractivity contribution in [2.75, 3.05) is 18.9 Å². The summed E-state index contributed by atoms with van der Waals surface area (Å²) in [5, 5.41) is 2.88. The van der Waals surface area contributed by atoms with Crippen LogP contribution in [-0.4, -0.2) is 27.0 Å². The fourth-order valence-electron chi connectivity index (χ4n) is 2.33. The lowest BCUT2D eigenvalue weighted by Gasteiger charge is -2.25. The first kappa shape index (κ1) is 16.9. The van der Waals surface area contributed by atoms with Crippen LogP contribution in [0.3, 0.4) is 0 Å². The van der Waals surface area contributed by atoms with E-state index in [0.717, 1.165) is 0 Å². The first-order valence-corrected chi connectivity index (χ1v) is 8.39. The minimum Gasteiger partial charge on any atom is -0.387 e. The highest BCUT2D eigenvalue weighted by Gasteiger charge is 2.23. The molecule has 0 aliphatic rings.